The second-order valence-electron chi connectivity index (χ2n) is 9.79. The molecule has 2 rings (SSSR count). The molecule has 2 atom stereocenters. The lowest BCUT2D eigenvalue weighted by molar-refractivity contribution is -0.117. The second-order valence-corrected chi connectivity index (χ2v) is 9.79. The molecule has 1 aliphatic heterocycles. The number of hydrogen-bond acceptors (Lipinski definition) is 4. The maximum Gasteiger partial charge on any atom is 0.412 e. The molecule has 0 aromatic heterocycles. The summed E-state index contributed by atoms with van der Waals surface area (Å²) in [5, 5.41) is 2.99. The monoisotopic (exact) mass is 444 g/mol. The van der Waals surface area contributed by atoms with Gasteiger partial charge in [-0.05, 0) is 50.2 Å². The van der Waals surface area contributed by atoms with Crippen molar-refractivity contribution in [2.45, 2.75) is 85.8 Å². The van der Waals surface area contributed by atoms with E-state index in [0.717, 1.165) is 12.0 Å². The highest BCUT2D eigenvalue weighted by Crippen LogP contribution is 2.37. The molecule has 1 aliphatic rings. The lowest BCUT2D eigenvalue weighted by Gasteiger charge is -2.33. The van der Waals surface area contributed by atoms with Gasteiger partial charge in [0.05, 0.1) is 12.1 Å². The van der Waals surface area contributed by atoms with Gasteiger partial charge in [-0.25, -0.2) is 4.79 Å². The maximum absolute atomic E-state index is 13.2. The van der Waals surface area contributed by atoms with Crippen LogP contribution in [0.5, 0.6) is 0 Å². The molecule has 0 bridgehead atoms. The van der Waals surface area contributed by atoms with Gasteiger partial charge in [0, 0.05) is 12.1 Å². The molecule has 0 unspecified atom stereocenters. The number of nitrogens with one attached hydrogen (secondary N) is 1. The van der Waals surface area contributed by atoms with Gasteiger partial charge in [-0.1, -0.05) is 65.0 Å². The standard InChI is InChI=1S/C26H40N2O4/c1-8-21(24(29)27-16-19(4)5)15-23-22(14-18(2)3)28(26(6,7)32-23)25(30)31-17-20-12-10-9-11-13-20/h9-13,15,18-19,22-23H,8,14,16-17H2,1-7H3,(H,27,29)/b21-15+/t22-,23-/m0/s1. The molecule has 6 nitrogen and oxygen atoms in total. The minimum absolute atomic E-state index is 0.0731. The zero-order valence-corrected chi connectivity index (χ0v) is 20.7. The molecular formula is C26H40N2O4. The average molecular weight is 445 g/mol. The van der Waals surface area contributed by atoms with Crippen molar-refractivity contribution >= 4 is 12.0 Å². The average Bonchev–Trinajstić information content (AvgIpc) is 2.97. The first kappa shape index (κ1) is 25.9. The zero-order valence-electron chi connectivity index (χ0n) is 20.7. The van der Waals surface area contributed by atoms with E-state index in [0.29, 0.717) is 30.4 Å². The third-order valence-corrected chi connectivity index (χ3v) is 5.54. The van der Waals surface area contributed by atoms with Crippen LogP contribution in [0, 0.1) is 11.8 Å². The molecule has 0 radical (unpaired) electrons. The number of ether oxygens (including phenoxy) is 2. The summed E-state index contributed by atoms with van der Waals surface area (Å²) in [6.07, 6.45) is 2.46. The van der Waals surface area contributed by atoms with Crippen LogP contribution in [0.4, 0.5) is 4.79 Å². The number of carbonyl (C=O) groups is 2. The van der Waals surface area contributed by atoms with Gasteiger partial charge in [-0.15, -0.1) is 0 Å². The van der Waals surface area contributed by atoms with E-state index in [1.165, 1.54) is 0 Å². The topological polar surface area (TPSA) is 67.9 Å². The highest BCUT2D eigenvalue weighted by Gasteiger charge is 2.50. The smallest absolute Gasteiger partial charge is 0.412 e. The zero-order chi connectivity index (χ0) is 23.9. The van der Waals surface area contributed by atoms with Gasteiger partial charge in [0.25, 0.3) is 0 Å². The van der Waals surface area contributed by atoms with E-state index in [-0.39, 0.29) is 24.7 Å². The van der Waals surface area contributed by atoms with Crippen molar-refractivity contribution in [3.05, 3.63) is 47.5 Å². The van der Waals surface area contributed by atoms with E-state index >= 15 is 0 Å². The minimum Gasteiger partial charge on any atom is -0.444 e. The van der Waals surface area contributed by atoms with E-state index < -0.39 is 11.8 Å². The molecule has 0 saturated carbocycles. The van der Waals surface area contributed by atoms with Crippen molar-refractivity contribution in [1.82, 2.24) is 10.2 Å². The molecule has 0 aliphatic carbocycles. The Hall–Kier alpha value is -2.34. The molecule has 1 fully saturated rings. The molecule has 32 heavy (non-hydrogen) atoms. The van der Waals surface area contributed by atoms with Crippen molar-refractivity contribution in [2.75, 3.05) is 6.54 Å². The first-order valence-electron chi connectivity index (χ1n) is 11.7. The Morgan fingerprint density at radius 1 is 1.16 bits per heavy atom. The summed E-state index contributed by atoms with van der Waals surface area (Å²) in [5.41, 5.74) is 0.771. The Labute approximate surface area is 193 Å². The van der Waals surface area contributed by atoms with Crippen LogP contribution in [-0.2, 0) is 20.9 Å². The number of carbonyl (C=O) groups excluding carboxylic acids is 2. The largest absolute Gasteiger partial charge is 0.444 e. The summed E-state index contributed by atoms with van der Waals surface area (Å²) in [6, 6.07) is 9.42. The van der Waals surface area contributed by atoms with Crippen LogP contribution >= 0.6 is 0 Å². The first-order valence-corrected chi connectivity index (χ1v) is 11.7. The SMILES string of the molecule is CC/C(=C\[C@@H]1OC(C)(C)N(C(=O)OCc2ccccc2)[C@H]1CC(C)C)C(=O)NCC(C)C. The van der Waals surface area contributed by atoms with Crippen LogP contribution in [0.25, 0.3) is 0 Å². The predicted octanol–water partition coefficient (Wildman–Crippen LogP) is 5.28. The Balaban J connectivity index is 2.24. The molecule has 1 heterocycles. The molecule has 6 heteroatoms. The molecule has 1 aromatic rings. The third kappa shape index (κ3) is 7.09. The summed E-state index contributed by atoms with van der Waals surface area (Å²) in [7, 11) is 0. The number of rotatable bonds is 9. The van der Waals surface area contributed by atoms with Gasteiger partial charge in [-0.3, -0.25) is 9.69 Å². The normalized spacial score (nSPS) is 20.7. The lowest BCUT2D eigenvalue weighted by atomic mass is 9.96. The molecule has 1 N–H and O–H groups in total. The summed E-state index contributed by atoms with van der Waals surface area (Å²) in [5.74, 6) is 0.649. The first-order chi connectivity index (χ1) is 15.0. The van der Waals surface area contributed by atoms with Crippen molar-refractivity contribution in [2.24, 2.45) is 11.8 Å². The van der Waals surface area contributed by atoms with E-state index in [1.807, 2.05) is 57.2 Å². The van der Waals surface area contributed by atoms with E-state index in [1.54, 1.807) is 4.90 Å². The molecule has 2 amide bonds. The molecule has 0 spiro atoms. The number of hydrogen-bond donors (Lipinski definition) is 1. The van der Waals surface area contributed by atoms with Crippen molar-refractivity contribution in [3.63, 3.8) is 0 Å². The van der Waals surface area contributed by atoms with Crippen LogP contribution in [0.2, 0.25) is 0 Å². The van der Waals surface area contributed by atoms with Gasteiger partial charge >= 0.3 is 6.09 Å². The van der Waals surface area contributed by atoms with Crippen LogP contribution in [-0.4, -0.2) is 41.3 Å². The summed E-state index contributed by atoms with van der Waals surface area (Å²) in [4.78, 5) is 27.6. The van der Waals surface area contributed by atoms with Gasteiger partial charge in [0.2, 0.25) is 5.91 Å². The van der Waals surface area contributed by atoms with E-state index in [2.05, 4.69) is 33.0 Å². The van der Waals surface area contributed by atoms with Gasteiger partial charge in [0.1, 0.15) is 12.3 Å². The van der Waals surface area contributed by atoms with E-state index in [4.69, 9.17) is 9.47 Å². The van der Waals surface area contributed by atoms with Crippen LogP contribution in [0.3, 0.4) is 0 Å². The van der Waals surface area contributed by atoms with Crippen LogP contribution < -0.4 is 5.32 Å². The second kappa shape index (κ2) is 11.5. The lowest BCUT2D eigenvalue weighted by Crippen LogP contribution is -2.49. The Morgan fingerprint density at radius 3 is 2.38 bits per heavy atom. The predicted molar refractivity (Wildman–Crippen MR) is 127 cm³/mol. The highest BCUT2D eigenvalue weighted by atomic mass is 16.6. The summed E-state index contributed by atoms with van der Waals surface area (Å²) >= 11 is 0. The quantitative estimate of drug-likeness (QED) is 0.526. The number of amides is 2. The van der Waals surface area contributed by atoms with E-state index in [9.17, 15) is 9.59 Å². The molecule has 1 saturated heterocycles. The Bertz CT molecular complexity index is 786. The van der Waals surface area contributed by atoms with Crippen molar-refractivity contribution in [1.29, 1.82) is 0 Å². The van der Waals surface area contributed by atoms with Gasteiger partial charge < -0.3 is 14.8 Å². The summed E-state index contributed by atoms with van der Waals surface area (Å²) < 4.78 is 12.0. The number of nitrogens with zero attached hydrogens (tertiary/aromatic N) is 1. The maximum atomic E-state index is 13.2. The fourth-order valence-corrected chi connectivity index (χ4v) is 3.99. The molecular weight excluding hydrogens is 404 g/mol. The van der Waals surface area contributed by atoms with Gasteiger partial charge in [0.15, 0.2) is 0 Å². The molecule has 1 aromatic carbocycles. The van der Waals surface area contributed by atoms with Crippen LogP contribution in [0.1, 0.15) is 66.9 Å². The molecule has 178 valence electrons. The number of benzene rings is 1. The Kier molecular flexibility index (Phi) is 9.32. The highest BCUT2D eigenvalue weighted by molar-refractivity contribution is 5.93. The minimum atomic E-state index is -0.845. The van der Waals surface area contributed by atoms with Crippen molar-refractivity contribution < 1.29 is 19.1 Å². The van der Waals surface area contributed by atoms with Gasteiger partial charge in [-0.2, -0.15) is 0 Å². The fourth-order valence-electron chi connectivity index (χ4n) is 3.99. The summed E-state index contributed by atoms with van der Waals surface area (Å²) in [6.45, 7) is 14.9. The third-order valence-electron chi connectivity index (χ3n) is 5.54. The van der Waals surface area contributed by atoms with Crippen LogP contribution in [0.15, 0.2) is 42.0 Å². The fraction of sp³-hybridized carbons (Fsp3) is 0.615. The van der Waals surface area contributed by atoms with Crippen molar-refractivity contribution in [3.8, 4) is 0 Å². The Morgan fingerprint density at radius 2 is 1.81 bits per heavy atom.